The number of rotatable bonds is 10. The van der Waals surface area contributed by atoms with Crippen LogP contribution in [0.3, 0.4) is 0 Å². The van der Waals surface area contributed by atoms with Crippen molar-refractivity contribution < 1.29 is 9.59 Å². The summed E-state index contributed by atoms with van der Waals surface area (Å²) in [4.78, 5) is 34.5. The molecule has 220 valence electrons. The van der Waals surface area contributed by atoms with E-state index in [1.54, 1.807) is 0 Å². The van der Waals surface area contributed by atoms with Crippen LogP contribution in [0, 0.1) is 11.8 Å². The van der Waals surface area contributed by atoms with Crippen molar-refractivity contribution in [3.63, 3.8) is 0 Å². The number of urea groups is 2. The predicted octanol–water partition coefficient (Wildman–Crippen LogP) is 6.81. The van der Waals surface area contributed by atoms with Gasteiger partial charge in [-0.2, -0.15) is 0 Å². The van der Waals surface area contributed by atoms with Crippen LogP contribution in [0.1, 0.15) is 53.4 Å². The van der Waals surface area contributed by atoms with Gasteiger partial charge in [0.1, 0.15) is 0 Å². The fourth-order valence-electron chi connectivity index (χ4n) is 5.42. The number of benzene rings is 2. The van der Waals surface area contributed by atoms with Crippen LogP contribution in [0.2, 0.25) is 0 Å². The van der Waals surface area contributed by atoms with Crippen molar-refractivity contribution in [2.45, 2.75) is 65.5 Å². The van der Waals surface area contributed by atoms with Gasteiger partial charge in [0.15, 0.2) is 0 Å². The molecule has 40 heavy (non-hydrogen) atoms. The fraction of sp³-hybridized carbons (Fsp3) is 0.562. The van der Waals surface area contributed by atoms with Gasteiger partial charge in [0.25, 0.3) is 0 Å². The second kappa shape index (κ2) is 14.3. The third-order valence-electron chi connectivity index (χ3n) is 7.84. The molecule has 8 nitrogen and oxygen atoms in total. The number of carbonyl (C=O) groups excluding carboxylic acids is 2. The van der Waals surface area contributed by atoms with Crippen molar-refractivity contribution in [1.29, 1.82) is 0 Å². The van der Waals surface area contributed by atoms with E-state index in [0.29, 0.717) is 11.8 Å². The Bertz CT molecular complexity index is 996. The molecular weight excluding hydrogens is 500 g/mol. The van der Waals surface area contributed by atoms with Crippen molar-refractivity contribution in [2.24, 2.45) is 11.8 Å². The molecule has 8 heteroatoms. The second-order valence-electron chi connectivity index (χ2n) is 12.1. The average molecular weight is 551 g/mol. The molecule has 2 N–H and O–H groups in total. The van der Waals surface area contributed by atoms with Crippen LogP contribution in [0.5, 0.6) is 0 Å². The minimum Gasteiger partial charge on any atom is -0.378 e. The Kier molecular flexibility index (Phi) is 11.1. The molecule has 0 heterocycles. The van der Waals surface area contributed by atoms with Crippen LogP contribution in [0.25, 0.3) is 0 Å². The molecule has 1 aliphatic rings. The first-order valence-corrected chi connectivity index (χ1v) is 14.6. The molecule has 2 atom stereocenters. The van der Waals surface area contributed by atoms with Gasteiger partial charge in [0, 0.05) is 76.1 Å². The van der Waals surface area contributed by atoms with E-state index in [9.17, 15) is 9.59 Å². The molecule has 4 amide bonds. The smallest absolute Gasteiger partial charge is 0.322 e. The van der Waals surface area contributed by atoms with Crippen LogP contribution < -0.4 is 20.4 Å². The third kappa shape index (κ3) is 8.80. The van der Waals surface area contributed by atoms with Crippen molar-refractivity contribution in [3.05, 3.63) is 48.5 Å². The maximum absolute atomic E-state index is 13.3. The summed E-state index contributed by atoms with van der Waals surface area (Å²) in [5.41, 5.74) is 3.80. The highest BCUT2D eigenvalue weighted by Gasteiger charge is 2.30. The molecule has 2 aromatic rings. The number of hydrogen-bond acceptors (Lipinski definition) is 4. The molecule has 0 aliphatic heterocycles. The van der Waals surface area contributed by atoms with Crippen LogP contribution in [0.15, 0.2) is 48.5 Å². The molecule has 1 saturated carbocycles. The summed E-state index contributed by atoms with van der Waals surface area (Å²) in [7, 11) is 8.01. The Labute approximate surface area is 241 Å². The van der Waals surface area contributed by atoms with Crippen LogP contribution >= 0.6 is 0 Å². The first kappa shape index (κ1) is 31.1. The van der Waals surface area contributed by atoms with E-state index in [4.69, 9.17) is 0 Å². The lowest BCUT2D eigenvalue weighted by Gasteiger charge is -2.38. The summed E-state index contributed by atoms with van der Waals surface area (Å²) in [6.07, 6.45) is 4.35. The zero-order chi connectivity index (χ0) is 29.4. The predicted molar refractivity (Wildman–Crippen MR) is 169 cm³/mol. The summed E-state index contributed by atoms with van der Waals surface area (Å²) >= 11 is 0. The molecular formula is C32H50N6O2. The minimum absolute atomic E-state index is 0.0572. The zero-order valence-electron chi connectivity index (χ0n) is 25.8. The highest BCUT2D eigenvalue weighted by molar-refractivity contribution is 5.90. The van der Waals surface area contributed by atoms with E-state index >= 15 is 0 Å². The number of hydrogen-bond donors (Lipinski definition) is 2. The molecule has 2 unspecified atom stereocenters. The Morgan fingerprint density at radius 1 is 0.675 bits per heavy atom. The standard InChI is InChI=1S/C32H50N6O2/c1-23(2)37(31(39)33-27-12-16-29(17-13-27)35(5)6)21-25-10-9-11-26(20-25)22-38(24(3)4)32(40)34-28-14-18-30(19-15-28)36(7)8/h12-19,23-26H,9-11,20-22H2,1-8H3,(H,33,39)(H,34,40). The van der Waals surface area contributed by atoms with Crippen molar-refractivity contribution in [2.75, 3.05) is 61.7 Å². The first-order chi connectivity index (χ1) is 18.9. The number of nitrogens with one attached hydrogen (secondary N) is 2. The van der Waals surface area contributed by atoms with Gasteiger partial charge in [-0.15, -0.1) is 0 Å². The van der Waals surface area contributed by atoms with Gasteiger partial charge in [0.2, 0.25) is 0 Å². The van der Waals surface area contributed by atoms with Gasteiger partial charge >= 0.3 is 12.1 Å². The number of amides is 4. The first-order valence-electron chi connectivity index (χ1n) is 14.6. The quantitative estimate of drug-likeness (QED) is 0.341. The van der Waals surface area contributed by atoms with E-state index in [2.05, 4.69) is 38.3 Å². The summed E-state index contributed by atoms with van der Waals surface area (Å²) in [5, 5.41) is 6.18. The molecule has 3 rings (SSSR count). The van der Waals surface area contributed by atoms with Gasteiger partial charge in [-0.25, -0.2) is 9.59 Å². The molecule has 0 bridgehead atoms. The van der Waals surface area contributed by atoms with E-state index in [1.807, 2.05) is 96.3 Å². The monoisotopic (exact) mass is 550 g/mol. The van der Waals surface area contributed by atoms with Gasteiger partial charge in [-0.05, 0) is 107 Å². The van der Waals surface area contributed by atoms with Gasteiger partial charge in [0.05, 0.1) is 0 Å². The largest absolute Gasteiger partial charge is 0.378 e. The summed E-state index contributed by atoms with van der Waals surface area (Å²) in [6, 6.07) is 15.9. The second-order valence-corrected chi connectivity index (χ2v) is 12.1. The minimum atomic E-state index is -0.0572. The van der Waals surface area contributed by atoms with Crippen molar-refractivity contribution in [3.8, 4) is 0 Å². The van der Waals surface area contributed by atoms with Gasteiger partial charge in [-0.1, -0.05) is 6.42 Å². The normalized spacial score (nSPS) is 16.9. The Hall–Kier alpha value is -3.42. The van der Waals surface area contributed by atoms with E-state index in [1.165, 1.54) is 0 Å². The lowest BCUT2D eigenvalue weighted by atomic mass is 9.80. The molecule has 0 radical (unpaired) electrons. The maximum Gasteiger partial charge on any atom is 0.322 e. The van der Waals surface area contributed by atoms with Crippen LogP contribution in [-0.4, -0.2) is 75.2 Å². The lowest BCUT2D eigenvalue weighted by Crippen LogP contribution is -2.46. The van der Waals surface area contributed by atoms with Gasteiger partial charge in [-0.3, -0.25) is 0 Å². The van der Waals surface area contributed by atoms with E-state index in [-0.39, 0.29) is 24.1 Å². The topological polar surface area (TPSA) is 71.2 Å². The molecule has 1 aliphatic carbocycles. The lowest BCUT2D eigenvalue weighted by molar-refractivity contribution is 0.137. The highest BCUT2D eigenvalue weighted by Crippen LogP contribution is 2.31. The van der Waals surface area contributed by atoms with E-state index < -0.39 is 0 Å². The van der Waals surface area contributed by atoms with Crippen molar-refractivity contribution >= 4 is 34.8 Å². The van der Waals surface area contributed by atoms with Crippen LogP contribution in [0.4, 0.5) is 32.3 Å². The molecule has 0 saturated heterocycles. The zero-order valence-corrected chi connectivity index (χ0v) is 25.8. The maximum atomic E-state index is 13.3. The third-order valence-corrected chi connectivity index (χ3v) is 7.84. The SMILES string of the molecule is CC(C)N(CC1CCCC(CN(C(=O)Nc2ccc(N(C)C)cc2)C(C)C)C1)C(=O)Nc1ccc(N(C)C)cc1. The fourth-order valence-corrected chi connectivity index (χ4v) is 5.42. The Balaban J connectivity index is 1.59. The number of carbonyl (C=O) groups is 2. The van der Waals surface area contributed by atoms with Crippen molar-refractivity contribution in [1.82, 2.24) is 9.80 Å². The summed E-state index contributed by atoms with van der Waals surface area (Å²) < 4.78 is 0. The Morgan fingerprint density at radius 2 is 1.02 bits per heavy atom. The molecule has 0 spiro atoms. The van der Waals surface area contributed by atoms with E-state index in [0.717, 1.165) is 61.5 Å². The number of nitrogens with zero attached hydrogens (tertiary/aromatic N) is 4. The van der Waals surface area contributed by atoms with Crippen LogP contribution in [-0.2, 0) is 0 Å². The van der Waals surface area contributed by atoms with Gasteiger partial charge < -0.3 is 30.2 Å². The Morgan fingerprint density at radius 3 is 1.32 bits per heavy atom. The summed E-state index contributed by atoms with van der Waals surface area (Å²) in [6.45, 7) is 9.75. The molecule has 1 fully saturated rings. The number of anilines is 4. The molecule has 2 aromatic carbocycles. The highest BCUT2D eigenvalue weighted by atomic mass is 16.2. The average Bonchev–Trinajstić information content (AvgIpc) is 2.90. The molecule has 0 aromatic heterocycles. The summed E-state index contributed by atoms with van der Waals surface area (Å²) in [5.74, 6) is 0.831.